The Morgan fingerprint density at radius 3 is 3.06 bits per heavy atom. The van der Waals surface area contributed by atoms with E-state index in [-0.39, 0.29) is 6.09 Å². The first kappa shape index (κ1) is 12.0. The number of carbonyl (C=O) groups excluding carboxylic acids is 2. The highest BCUT2D eigenvalue weighted by Gasteiger charge is 2.19. The van der Waals surface area contributed by atoms with Gasteiger partial charge in [0.25, 0.3) is 0 Å². The molecule has 0 atom stereocenters. The van der Waals surface area contributed by atoms with Crippen molar-refractivity contribution < 1.29 is 14.3 Å². The van der Waals surface area contributed by atoms with E-state index in [4.69, 9.17) is 4.74 Å². The van der Waals surface area contributed by atoms with Gasteiger partial charge in [-0.05, 0) is 17.7 Å². The van der Waals surface area contributed by atoms with E-state index in [9.17, 15) is 9.59 Å². The summed E-state index contributed by atoms with van der Waals surface area (Å²) in [7, 11) is 1.38. The van der Waals surface area contributed by atoms with Gasteiger partial charge in [0.1, 0.15) is 6.29 Å². The first-order valence-electron chi connectivity index (χ1n) is 5.28. The zero-order valence-corrected chi connectivity index (χ0v) is 10.3. The van der Waals surface area contributed by atoms with E-state index >= 15 is 0 Å². The molecule has 1 aromatic rings. The maximum atomic E-state index is 11.5. The monoisotopic (exact) mass is 251 g/mol. The highest BCUT2D eigenvalue weighted by molar-refractivity contribution is 7.99. The van der Waals surface area contributed by atoms with Crippen LogP contribution < -0.4 is 0 Å². The smallest absolute Gasteiger partial charge is 0.409 e. The predicted octanol–water partition coefficient (Wildman–Crippen LogP) is 2.17. The molecule has 2 rings (SSSR count). The lowest BCUT2D eigenvalue weighted by Gasteiger charge is -2.18. The van der Waals surface area contributed by atoms with E-state index in [1.54, 1.807) is 22.7 Å². The molecule has 0 aliphatic carbocycles. The number of hydrogen-bond acceptors (Lipinski definition) is 4. The lowest BCUT2D eigenvalue weighted by molar-refractivity contribution is 0.112. The molecule has 1 amide bonds. The van der Waals surface area contributed by atoms with Gasteiger partial charge < -0.3 is 9.64 Å². The number of nitrogens with zero attached hydrogens (tertiary/aromatic N) is 1. The summed E-state index contributed by atoms with van der Waals surface area (Å²) in [6, 6.07) is 5.56. The van der Waals surface area contributed by atoms with E-state index in [0.29, 0.717) is 18.7 Å². The highest BCUT2D eigenvalue weighted by atomic mass is 32.2. The second-order valence-corrected chi connectivity index (χ2v) is 4.86. The normalized spacial score (nSPS) is 14.8. The van der Waals surface area contributed by atoms with Crippen molar-refractivity contribution in [2.24, 2.45) is 0 Å². The molecule has 0 saturated carbocycles. The Morgan fingerprint density at radius 2 is 2.35 bits per heavy atom. The largest absolute Gasteiger partial charge is 0.453 e. The van der Waals surface area contributed by atoms with Gasteiger partial charge in [0.2, 0.25) is 0 Å². The van der Waals surface area contributed by atoms with Crippen molar-refractivity contribution in [2.45, 2.75) is 11.4 Å². The third-order valence-electron chi connectivity index (χ3n) is 2.63. The Labute approximate surface area is 104 Å². The van der Waals surface area contributed by atoms with E-state index in [2.05, 4.69) is 0 Å². The summed E-state index contributed by atoms with van der Waals surface area (Å²) < 4.78 is 4.73. The number of aldehydes is 1. The molecule has 0 spiro atoms. The van der Waals surface area contributed by atoms with Crippen molar-refractivity contribution in [1.29, 1.82) is 0 Å². The van der Waals surface area contributed by atoms with Crippen molar-refractivity contribution in [3.63, 3.8) is 0 Å². The van der Waals surface area contributed by atoms with Crippen LogP contribution in [0.5, 0.6) is 0 Å². The molecular weight excluding hydrogens is 238 g/mol. The molecule has 1 aliphatic heterocycles. The number of hydrogen-bond donors (Lipinski definition) is 0. The average Bonchev–Trinajstić information content (AvgIpc) is 2.58. The number of methoxy groups -OCH3 is 1. The second kappa shape index (κ2) is 5.23. The third kappa shape index (κ3) is 2.61. The first-order valence-corrected chi connectivity index (χ1v) is 6.27. The second-order valence-electron chi connectivity index (χ2n) is 3.73. The molecule has 1 aliphatic rings. The van der Waals surface area contributed by atoms with E-state index in [0.717, 1.165) is 22.5 Å². The molecule has 0 radical (unpaired) electrons. The molecule has 17 heavy (non-hydrogen) atoms. The quantitative estimate of drug-likeness (QED) is 0.718. The van der Waals surface area contributed by atoms with Crippen LogP contribution in [0.3, 0.4) is 0 Å². The number of ether oxygens (including phenoxy) is 1. The van der Waals surface area contributed by atoms with Gasteiger partial charge in [-0.15, -0.1) is 11.8 Å². The highest BCUT2D eigenvalue weighted by Crippen LogP contribution is 2.28. The fourth-order valence-electron chi connectivity index (χ4n) is 1.77. The Balaban J connectivity index is 2.28. The first-order chi connectivity index (χ1) is 8.24. The van der Waals surface area contributed by atoms with E-state index in [1.165, 1.54) is 7.11 Å². The van der Waals surface area contributed by atoms with Gasteiger partial charge in [-0.3, -0.25) is 4.79 Å². The maximum absolute atomic E-state index is 11.5. The van der Waals surface area contributed by atoms with Crippen LogP contribution in [-0.2, 0) is 11.3 Å². The van der Waals surface area contributed by atoms with Gasteiger partial charge in [-0.25, -0.2) is 4.79 Å². The van der Waals surface area contributed by atoms with Gasteiger partial charge in [0, 0.05) is 22.8 Å². The van der Waals surface area contributed by atoms with Gasteiger partial charge in [0.05, 0.1) is 13.7 Å². The Bertz CT molecular complexity index is 447. The summed E-state index contributed by atoms with van der Waals surface area (Å²) in [5.74, 6) is 0.836. The molecule has 5 heteroatoms. The summed E-state index contributed by atoms with van der Waals surface area (Å²) in [5.41, 5.74) is 1.64. The fourth-order valence-corrected chi connectivity index (χ4v) is 2.78. The van der Waals surface area contributed by atoms with Crippen LogP contribution >= 0.6 is 11.8 Å². The minimum absolute atomic E-state index is 0.324. The van der Waals surface area contributed by atoms with Crippen LogP contribution in [0.1, 0.15) is 15.9 Å². The van der Waals surface area contributed by atoms with Gasteiger partial charge in [-0.2, -0.15) is 0 Å². The van der Waals surface area contributed by atoms with Crippen LogP contribution in [0.15, 0.2) is 23.1 Å². The molecule has 0 fully saturated rings. The van der Waals surface area contributed by atoms with Gasteiger partial charge >= 0.3 is 6.09 Å². The molecule has 90 valence electrons. The van der Waals surface area contributed by atoms with Crippen molar-refractivity contribution in [3.8, 4) is 0 Å². The lowest BCUT2D eigenvalue weighted by atomic mass is 10.1. The molecule has 1 heterocycles. The van der Waals surface area contributed by atoms with Crippen LogP contribution in [0.4, 0.5) is 4.79 Å². The van der Waals surface area contributed by atoms with Crippen LogP contribution in [0.25, 0.3) is 0 Å². The minimum Gasteiger partial charge on any atom is -0.453 e. The molecule has 4 nitrogen and oxygen atoms in total. The predicted molar refractivity (Wildman–Crippen MR) is 65.4 cm³/mol. The number of amides is 1. The minimum atomic E-state index is -0.324. The molecule has 1 aromatic carbocycles. The number of thioether (sulfide) groups is 1. The molecule has 0 unspecified atom stereocenters. The number of benzene rings is 1. The summed E-state index contributed by atoms with van der Waals surface area (Å²) in [6.45, 7) is 1.15. The van der Waals surface area contributed by atoms with E-state index in [1.807, 2.05) is 12.1 Å². The van der Waals surface area contributed by atoms with Crippen molar-refractivity contribution in [3.05, 3.63) is 29.3 Å². The average molecular weight is 251 g/mol. The summed E-state index contributed by atoms with van der Waals surface area (Å²) in [5, 5.41) is 0. The molecule has 0 bridgehead atoms. The molecular formula is C12H13NO3S. The number of fused-ring (bicyclic) bond motifs is 1. The van der Waals surface area contributed by atoms with Crippen LogP contribution in [-0.4, -0.2) is 36.7 Å². The number of carbonyl (C=O) groups is 2. The summed E-state index contributed by atoms with van der Waals surface area (Å²) in [6.07, 6.45) is 0.494. The Morgan fingerprint density at radius 1 is 1.53 bits per heavy atom. The number of rotatable bonds is 1. The summed E-state index contributed by atoms with van der Waals surface area (Å²) in [4.78, 5) is 25.0. The SMILES string of the molecule is COC(=O)N1CCSc2ccc(C=O)cc2C1. The zero-order valence-electron chi connectivity index (χ0n) is 9.51. The maximum Gasteiger partial charge on any atom is 0.409 e. The lowest BCUT2D eigenvalue weighted by Crippen LogP contribution is -2.31. The molecule has 0 aromatic heterocycles. The Kier molecular flexibility index (Phi) is 3.68. The van der Waals surface area contributed by atoms with Crippen molar-refractivity contribution >= 4 is 24.1 Å². The molecule has 0 saturated heterocycles. The molecule has 0 N–H and O–H groups in total. The van der Waals surface area contributed by atoms with Crippen LogP contribution in [0, 0.1) is 0 Å². The van der Waals surface area contributed by atoms with Crippen molar-refractivity contribution in [1.82, 2.24) is 4.90 Å². The summed E-state index contributed by atoms with van der Waals surface area (Å²) >= 11 is 1.69. The van der Waals surface area contributed by atoms with Gasteiger partial charge in [0.15, 0.2) is 0 Å². The zero-order chi connectivity index (χ0) is 12.3. The topological polar surface area (TPSA) is 46.6 Å². The Hall–Kier alpha value is -1.49. The standard InChI is InChI=1S/C12H13NO3S/c1-16-12(15)13-4-5-17-11-3-2-9(8-14)6-10(11)7-13/h2-3,6,8H,4-5,7H2,1H3. The third-order valence-corrected chi connectivity index (χ3v) is 3.73. The van der Waals surface area contributed by atoms with Crippen molar-refractivity contribution in [2.75, 3.05) is 19.4 Å². The van der Waals surface area contributed by atoms with Crippen LogP contribution in [0.2, 0.25) is 0 Å². The van der Waals surface area contributed by atoms with Gasteiger partial charge in [-0.1, -0.05) is 6.07 Å². The van der Waals surface area contributed by atoms with E-state index < -0.39 is 0 Å². The fraction of sp³-hybridized carbons (Fsp3) is 0.333.